The zero-order valence-corrected chi connectivity index (χ0v) is 9.65. The molecule has 1 aromatic carbocycles. The summed E-state index contributed by atoms with van der Waals surface area (Å²) in [4.78, 5) is 14.2. The van der Waals surface area contributed by atoms with Gasteiger partial charge in [-0.1, -0.05) is 12.1 Å². The van der Waals surface area contributed by atoms with Gasteiger partial charge in [0.1, 0.15) is 0 Å². The molecule has 1 heterocycles. The minimum absolute atomic E-state index is 0.0744. The van der Waals surface area contributed by atoms with Gasteiger partial charge in [-0.3, -0.25) is 4.79 Å². The molecular formula is C13H18N2O. The molecule has 3 nitrogen and oxygen atoms in total. The molecule has 0 saturated carbocycles. The van der Waals surface area contributed by atoms with Crippen molar-refractivity contribution in [1.29, 1.82) is 0 Å². The zero-order chi connectivity index (χ0) is 11.5. The van der Waals surface area contributed by atoms with E-state index in [9.17, 15) is 4.79 Å². The molecule has 1 atom stereocenters. The molecule has 1 saturated heterocycles. The smallest absolute Gasteiger partial charge is 0.256 e. The lowest BCUT2D eigenvalue weighted by Crippen LogP contribution is -2.42. The molecule has 16 heavy (non-hydrogen) atoms. The largest absolute Gasteiger partial charge is 0.398 e. The highest BCUT2D eigenvalue weighted by atomic mass is 16.2. The van der Waals surface area contributed by atoms with E-state index in [0.29, 0.717) is 17.3 Å². The number of nitrogens with zero attached hydrogens (tertiary/aromatic N) is 1. The van der Waals surface area contributed by atoms with Crippen molar-refractivity contribution in [3.63, 3.8) is 0 Å². The van der Waals surface area contributed by atoms with Crippen molar-refractivity contribution in [2.75, 3.05) is 12.3 Å². The van der Waals surface area contributed by atoms with Crippen molar-refractivity contribution in [2.24, 2.45) is 0 Å². The Bertz CT molecular complexity index is 389. The first-order valence-electron chi connectivity index (χ1n) is 5.85. The van der Waals surface area contributed by atoms with Gasteiger partial charge in [0.2, 0.25) is 0 Å². The summed E-state index contributed by atoms with van der Waals surface area (Å²) in [7, 11) is 0. The van der Waals surface area contributed by atoms with Gasteiger partial charge < -0.3 is 10.6 Å². The van der Waals surface area contributed by atoms with Gasteiger partial charge in [0.05, 0.1) is 5.56 Å². The van der Waals surface area contributed by atoms with Crippen LogP contribution >= 0.6 is 0 Å². The SMILES string of the molecule is C[C@H]1CCCCN1C(=O)c1ccccc1N. The van der Waals surface area contributed by atoms with Gasteiger partial charge in [-0.05, 0) is 38.3 Å². The Hall–Kier alpha value is -1.51. The fourth-order valence-electron chi connectivity index (χ4n) is 2.25. The predicted octanol–water partition coefficient (Wildman–Crippen LogP) is 2.28. The highest BCUT2D eigenvalue weighted by Crippen LogP contribution is 2.21. The predicted molar refractivity (Wildman–Crippen MR) is 65.2 cm³/mol. The Balaban J connectivity index is 2.21. The molecule has 0 spiro atoms. The van der Waals surface area contributed by atoms with Crippen molar-refractivity contribution < 1.29 is 4.79 Å². The van der Waals surface area contributed by atoms with Gasteiger partial charge in [0, 0.05) is 18.3 Å². The molecule has 0 unspecified atom stereocenters. The maximum Gasteiger partial charge on any atom is 0.256 e. The van der Waals surface area contributed by atoms with Gasteiger partial charge in [-0.2, -0.15) is 0 Å². The highest BCUT2D eigenvalue weighted by Gasteiger charge is 2.24. The number of likely N-dealkylation sites (tertiary alicyclic amines) is 1. The molecule has 3 heteroatoms. The number of amides is 1. The van der Waals surface area contributed by atoms with Crippen molar-refractivity contribution in [1.82, 2.24) is 4.90 Å². The maximum absolute atomic E-state index is 12.3. The number of hydrogen-bond acceptors (Lipinski definition) is 2. The van der Waals surface area contributed by atoms with Crippen LogP contribution in [-0.2, 0) is 0 Å². The molecule has 0 aromatic heterocycles. The summed E-state index contributed by atoms with van der Waals surface area (Å²) in [6.45, 7) is 2.96. The van der Waals surface area contributed by atoms with Crippen LogP contribution in [0.25, 0.3) is 0 Å². The minimum atomic E-state index is 0.0744. The maximum atomic E-state index is 12.3. The summed E-state index contributed by atoms with van der Waals surface area (Å²) >= 11 is 0. The fraction of sp³-hybridized carbons (Fsp3) is 0.462. The quantitative estimate of drug-likeness (QED) is 0.735. The van der Waals surface area contributed by atoms with Gasteiger partial charge in [0.25, 0.3) is 5.91 Å². The van der Waals surface area contributed by atoms with Crippen LogP contribution in [0.15, 0.2) is 24.3 Å². The zero-order valence-electron chi connectivity index (χ0n) is 9.65. The third-order valence-electron chi connectivity index (χ3n) is 3.26. The van der Waals surface area contributed by atoms with E-state index in [4.69, 9.17) is 5.73 Å². The summed E-state index contributed by atoms with van der Waals surface area (Å²) in [6, 6.07) is 7.63. The molecule has 1 amide bonds. The number of anilines is 1. The van der Waals surface area contributed by atoms with Crippen LogP contribution in [0.2, 0.25) is 0 Å². The second-order valence-corrected chi connectivity index (χ2v) is 4.43. The number of hydrogen-bond donors (Lipinski definition) is 1. The molecule has 0 aliphatic carbocycles. The number of rotatable bonds is 1. The molecule has 0 radical (unpaired) electrons. The van der Waals surface area contributed by atoms with E-state index in [1.165, 1.54) is 6.42 Å². The Kier molecular flexibility index (Phi) is 3.13. The van der Waals surface area contributed by atoms with Crippen molar-refractivity contribution >= 4 is 11.6 Å². The summed E-state index contributed by atoms with van der Waals surface area (Å²) in [6.07, 6.45) is 3.41. The summed E-state index contributed by atoms with van der Waals surface area (Å²) in [5.41, 5.74) is 7.04. The van der Waals surface area contributed by atoms with Crippen LogP contribution < -0.4 is 5.73 Å². The Morgan fingerprint density at radius 1 is 1.38 bits per heavy atom. The van der Waals surface area contributed by atoms with Crippen molar-refractivity contribution in [2.45, 2.75) is 32.2 Å². The number of carbonyl (C=O) groups is 1. The number of nitrogens with two attached hydrogens (primary N) is 1. The van der Waals surface area contributed by atoms with Crippen LogP contribution in [0.1, 0.15) is 36.5 Å². The number of piperidine rings is 1. The summed E-state index contributed by atoms with van der Waals surface area (Å²) < 4.78 is 0. The first-order valence-corrected chi connectivity index (χ1v) is 5.85. The van der Waals surface area contributed by atoms with Gasteiger partial charge >= 0.3 is 0 Å². The van der Waals surface area contributed by atoms with E-state index in [-0.39, 0.29) is 5.91 Å². The molecule has 1 aromatic rings. The molecule has 2 rings (SSSR count). The fourth-order valence-corrected chi connectivity index (χ4v) is 2.25. The number of carbonyl (C=O) groups excluding carboxylic acids is 1. The van der Waals surface area contributed by atoms with Crippen LogP contribution in [0.5, 0.6) is 0 Å². The van der Waals surface area contributed by atoms with Crippen LogP contribution in [-0.4, -0.2) is 23.4 Å². The van der Waals surface area contributed by atoms with Gasteiger partial charge in [-0.15, -0.1) is 0 Å². The van der Waals surface area contributed by atoms with E-state index in [2.05, 4.69) is 6.92 Å². The number of benzene rings is 1. The Morgan fingerprint density at radius 3 is 2.81 bits per heavy atom. The minimum Gasteiger partial charge on any atom is -0.398 e. The van der Waals surface area contributed by atoms with E-state index >= 15 is 0 Å². The second-order valence-electron chi connectivity index (χ2n) is 4.43. The summed E-state index contributed by atoms with van der Waals surface area (Å²) in [5, 5.41) is 0. The van der Waals surface area contributed by atoms with Crippen LogP contribution in [0.3, 0.4) is 0 Å². The highest BCUT2D eigenvalue weighted by molar-refractivity contribution is 5.99. The molecule has 1 fully saturated rings. The average molecular weight is 218 g/mol. The molecule has 1 aliphatic heterocycles. The molecule has 86 valence electrons. The van der Waals surface area contributed by atoms with Gasteiger partial charge in [-0.25, -0.2) is 0 Å². The van der Waals surface area contributed by atoms with Gasteiger partial charge in [0.15, 0.2) is 0 Å². The monoisotopic (exact) mass is 218 g/mol. The van der Waals surface area contributed by atoms with E-state index in [0.717, 1.165) is 19.4 Å². The van der Waals surface area contributed by atoms with Crippen molar-refractivity contribution in [3.8, 4) is 0 Å². The molecule has 1 aliphatic rings. The first kappa shape index (κ1) is 11.0. The second kappa shape index (κ2) is 4.56. The standard InChI is InChI=1S/C13H18N2O/c1-10-6-4-5-9-15(10)13(16)11-7-2-3-8-12(11)14/h2-3,7-8,10H,4-6,9,14H2,1H3/t10-/m0/s1. The topological polar surface area (TPSA) is 46.3 Å². The molecule has 2 N–H and O–H groups in total. The Labute approximate surface area is 96.2 Å². The van der Waals surface area contributed by atoms with E-state index in [1.807, 2.05) is 17.0 Å². The third-order valence-corrected chi connectivity index (χ3v) is 3.26. The third kappa shape index (κ3) is 2.03. The molecular weight excluding hydrogens is 200 g/mol. The normalized spacial score (nSPS) is 20.8. The van der Waals surface area contributed by atoms with E-state index in [1.54, 1.807) is 12.1 Å². The summed E-state index contributed by atoms with van der Waals surface area (Å²) in [5.74, 6) is 0.0744. The average Bonchev–Trinajstić information content (AvgIpc) is 2.29. The Morgan fingerprint density at radius 2 is 2.12 bits per heavy atom. The first-order chi connectivity index (χ1) is 7.70. The van der Waals surface area contributed by atoms with Crippen LogP contribution in [0, 0.1) is 0 Å². The van der Waals surface area contributed by atoms with E-state index < -0.39 is 0 Å². The lowest BCUT2D eigenvalue weighted by atomic mass is 10.0. The number of nitrogen functional groups attached to an aromatic ring is 1. The van der Waals surface area contributed by atoms with Crippen molar-refractivity contribution in [3.05, 3.63) is 29.8 Å². The number of para-hydroxylation sites is 1. The molecule has 0 bridgehead atoms. The lowest BCUT2D eigenvalue weighted by Gasteiger charge is -2.33. The lowest BCUT2D eigenvalue weighted by molar-refractivity contribution is 0.0637. The van der Waals surface area contributed by atoms with Crippen LogP contribution in [0.4, 0.5) is 5.69 Å².